The molecule has 0 radical (unpaired) electrons. The third-order valence-corrected chi connectivity index (χ3v) is 2.88. The van der Waals surface area contributed by atoms with Crippen LogP contribution in [0.3, 0.4) is 0 Å². The van der Waals surface area contributed by atoms with Gasteiger partial charge in [0.05, 0.1) is 11.0 Å². The van der Waals surface area contributed by atoms with Crippen molar-refractivity contribution in [1.29, 1.82) is 0 Å². The maximum atomic E-state index is 4.14. The molecular formula is C16H13FeN3. The van der Waals surface area contributed by atoms with Gasteiger partial charge in [-0.15, -0.1) is 18.2 Å². The predicted molar refractivity (Wildman–Crippen MR) is 77.0 cm³/mol. The molecule has 1 aromatic heterocycles. The molecule has 1 N–H and O–H groups in total. The summed E-state index contributed by atoms with van der Waals surface area (Å²) in [4.78, 5) is 0. The molecule has 4 aromatic rings. The average molecular weight is 303 g/mol. The minimum absolute atomic E-state index is 0. The van der Waals surface area contributed by atoms with Gasteiger partial charge in [-0.25, -0.2) is 17.3 Å². The van der Waals surface area contributed by atoms with E-state index in [9.17, 15) is 0 Å². The van der Waals surface area contributed by atoms with Crippen LogP contribution in [0.4, 0.5) is 0 Å². The molecule has 4 heteroatoms. The number of aromatic amines is 1. The van der Waals surface area contributed by atoms with Gasteiger partial charge in [-0.1, -0.05) is 17.2 Å². The molecule has 100 valence electrons. The zero-order valence-corrected chi connectivity index (χ0v) is 11.8. The van der Waals surface area contributed by atoms with Crippen LogP contribution < -0.4 is 0 Å². The Hall–Kier alpha value is -2.16. The molecule has 0 saturated heterocycles. The fraction of sp³-hybridized carbons (Fsp3) is 0. The fourth-order valence-corrected chi connectivity index (χ4v) is 1.98. The second kappa shape index (κ2) is 6.85. The molecule has 0 unspecified atom stereocenters. The average Bonchev–Trinajstić information content (AvgIpc) is 3.20. The Morgan fingerprint density at radius 2 is 1.65 bits per heavy atom. The molecule has 0 fully saturated rings. The molecule has 4 rings (SSSR count). The van der Waals surface area contributed by atoms with E-state index in [0.29, 0.717) is 0 Å². The van der Waals surface area contributed by atoms with Crippen molar-refractivity contribution in [2.45, 2.75) is 0 Å². The van der Waals surface area contributed by atoms with Gasteiger partial charge in [0, 0.05) is 0 Å². The van der Waals surface area contributed by atoms with Crippen LogP contribution in [0.1, 0.15) is 0 Å². The van der Waals surface area contributed by atoms with Gasteiger partial charge in [0.1, 0.15) is 0 Å². The number of nitrogens with one attached hydrogen (secondary N) is 1. The Morgan fingerprint density at radius 1 is 0.900 bits per heavy atom. The van der Waals surface area contributed by atoms with E-state index in [1.807, 2.05) is 54.6 Å². The Balaban J connectivity index is 0.000000210. The molecule has 0 saturated carbocycles. The molecule has 0 spiro atoms. The molecule has 0 aliphatic heterocycles. The summed E-state index contributed by atoms with van der Waals surface area (Å²) < 4.78 is 0. The van der Waals surface area contributed by atoms with E-state index in [0.717, 1.165) is 16.6 Å². The zero-order chi connectivity index (χ0) is 12.9. The smallest absolute Gasteiger partial charge is 0.214 e. The third kappa shape index (κ3) is 3.05. The van der Waals surface area contributed by atoms with Crippen molar-refractivity contribution in [2.75, 3.05) is 0 Å². The summed E-state index contributed by atoms with van der Waals surface area (Å²) >= 11 is 0. The number of rotatable bonds is 1. The fourth-order valence-electron chi connectivity index (χ4n) is 1.98. The monoisotopic (exact) mass is 303 g/mol. The number of hydrogen-bond donors (Lipinski definition) is 1. The number of aromatic nitrogens is 3. The summed E-state index contributed by atoms with van der Waals surface area (Å²) in [7, 11) is 0. The maximum Gasteiger partial charge on any atom is 2.00 e. The van der Waals surface area contributed by atoms with Gasteiger partial charge < -0.3 is 0 Å². The van der Waals surface area contributed by atoms with E-state index in [1.54, 1.807) is 0 Å². The van der Waals surface area contributed by atoms with Crippen molar-refractivity contribution < 1.29 is 17.1 Å². The standard InChI is InChI=1S/C11H8N3.C5H5.Fe/c1-2-5-8(4-1)9-6-3-7-10-11(9)13-14-12-10;1-2-4-5-3-1;/h1-7H,(H,12,13,14);1-5H;/q2*-1;+2. The summed E-state index contributed by atoms with van der Waals surface area (Å²) in [5.41, 5.74) is 4.15. The first-order chi connectivity index (χ1) is 9.45. The number of fused-ring (bicyclic) bond motifs is 1. The SMILES string of the molecule is [Fe+2].c1cc(-[c-]2cccc2)c2n[nH]nc2c1.c1cc[cH-]c1. The molecule has 0 amide bonds. The van der Waals surface area contributed by atoms with Gasteiger partial charge in [0.15, 0.2) is 0 Å². The molecule has 3 aromatic carbocycles. The van der Waals surface area contributed by atoms with Gasteiger partial charge in [-0.2, -0.15) is 40.5 Å². The van der Waals surface area contributed by atoms with Crippen LogP contribution in [-0.2, 0) is 17.1 Å². The van der Waals surface area contributed by atoms with Crippen molar-refractivity contribution in [3.63, 3.8) is 0 Å². The maximum absolute atomic E-state index is 4.14. The Labute approximate surface area is 127 Å². The number of hydrogen-bond acceptors (Lipinski definition) is 2. The van der Waals surface area contributed by atoms with Crippen molar-refractivity contribution in [3.8, 4) is 11.1 Å². The largest absolute Gasteiger partial charge is 2.00 e. The first-order valence-corrected chi connectivity index (χ1v) is 6.13. The topological polar surface area (TPSA) is 41.6 Å². The van der Waals surface area contributed by atoms with Gasteiger partial charge in [0.2, 0.25) is 0 Å². The van der Waals surface area contributed by atoms with E-state index in [1.165, 1.54) is 5.56 Å². The summed E-state index contributed by atoms with van der Waals surface area (Å²) in [6.45, 7) is 0. The van der Waals surface area contributed by atoms with Crippen LogP contribution in [0.15, 0.2) is 72.8 Å². The van der Waals surface area contributed by atoms with Crippen LogP contribution in [0.2, 0.25) is 0 Å². The number of para-hydroxylation sites is 1. The normalized spacial score (nSPS) is 9.60. The molecular weight excluding hydrogens is 290 g/mol. The third-order valence-electron chi connectivity index (χ3n) is 2.88. The van der Waals surface area contributed by atoms with E-state index in [4.69, 9.17) is 0 Å². The van der Waals surface area contributed by atoms with E-state index in [2.05, 4.69) is 33.6 Å². The molecule has 0 aliphatic rings. The van der Waals surface area contributed by atoms with Crippen LogP contribution in [-0.4, -0.2) is 15.4 Å². The van der Waals surface area contributed by atoms with Crippen LogP contribution in [0.5, 0.6) is 0 Å². The summed E-state index contributed by atoms with van der Waals surface area (Å²) in [5.74, 6) is 0. The van der Waals surface area contributed by atoms with Crippen molar-refractivity contribution in [3.05, 3.63) is 72.8 Å². The van der Waals surface area contributed by atoms with Crippen molar-refractivity contribution in [1.82, 2.24) is 15.4 Å². The summed E-state index contributed by atoms with van der Waals surface area (Å²) in [5, 5.41) is 10.8. The zero-order valence-electron chi connectivity index (χ0n) is 10.7. The van der Waals surface area contributed by atoms with E-state index in [-0.39, 0.29) is 17.1 Å². The minimum Gasteiger partial charge on any atom is -0.214 e. The first kappa shape index (κ1) is 14.3. The van der Waals surface area contributed by atoms with Crippen LogP contribution in [0, 0.1) is 0 Å². The van der Waals surface area contributed by atoms with Crippen molar-refractivity contribution in [2.24, 2.45) is 0 Å². The molecule has 3 nitrogen and oxygen atoms in total. The van der Waals surface area contributed by atoms with Crippen LogP contribution in [0.25, 0.3) is 22.2 Å². The predicted octanol–water partition coefficient (Wildman–Crippen LogP) is 3.75. The molecule has 1 heterocycles. The molecule has 0 atom stereocenters. The van der Waals surface area contributed by atoms with Crippen LogP contribution >= 0.6 is 0 Å². The minimum atomic E-state index is 0. The molecule has 20 heavy (non-hydrogen) atoms. The number of nitrogens with zero attached hydrogens (tertiary/aromatic N) is 2. The Morgan fingerprint density at radius 3 is 2.30 bits per heavy atom. The summed E-state index contributed by atoms with van der Waals surface area (Å²) in [6.07, 6.45) is 0. The Bertz CT molecular complexity index is 707. The summed E-state index contributed by atoms with van der Waals surface area (Å²) in [6, 6.07) is 24.2. The van der Waals surface area contributed by atoms with Crippen molar-refractivity contribution >= 4 is 11.0 Å². The first-order valence-electron chi connectivity index (χ1n) is 6.13. The van der Waals surface area contributed by atoms with Gasteiger partial charge in [-0.05, 0) is 6.07 Å². The number of benzene rings is 1. The van der Waals surface area contributed by atoms with Gasteiger partial charge in [0.25, 0.3) is 0 Å². The quantitative estimate of drug-likeness (QED) is 0.430. The second-order valence-electron chi connectivity index (χ2n) is 4.13. The Kier molecular flexibility index (Phi) is 4.88. The van der Waals surface area contributed by atoms with E-state index >= 15 is 0 Å². The molecule has 0 aliphatic carbocycles. The second-order valence-corrected chi connectivity index (χ2v) is 4.13. The van der Waals surface area contributed by atoms with Gasteiger partial charge >= 0.3 is 17.1 Å². The molecule has 0 bridgehead atoms. The van der Waals surface area contributed by atoms with Gasteiger partial charge in [-0.3, -0.25) is 0 Å². The number of H-pyrrole nitrogens is 1. The van der Waals surface area contributed by atoms with E-state index < -0.39 is 0 Å².